The summed E-state index contributed by atoms with van der Waals surface area (Å²) in [5.74, 6) is 0.156. The summed E-state index contributed by atoms with van der Waals surface area (Å²) in [6.07, 6.45) is 2.21. The quantitative estimate of drug-likeness (QED) is 0.679. The fourth-order valence-electron chi connectivity index (χ4n) is 1.65. The Morgan fingerprint density at radius 2 is 2.43 bits per heavy atom. The first-order valence-electron chi connectivity index (χ1n) is 5.15. The van der Waals surface area contributed by atoms with Crippen LogP contribution in [0.3, 0.4) is 0 Å². The molecule has 1 aliphatic heterocycles. The largest absolute Gasteiger partial charge is 0.378 e. The number of alkyl halides is 1. The molecule has 0 aromatic rings. The van der Waals surface area contributed by atoms with E-state index in [1.165, 1.54) is 0 Å². The van der Waals surface area contributed by atoms with Crippen LogP contribution in [0.2, 0.25) is 0 Å². The van der Waals surface area contributed by atoms with Crippen molar-refractivity contribution in [1.82, 2.24) is 5.32 Å². The van der Waals surface area contributed by atoms with Crippen LogP contribution >= 0.6 is 0 Å². The van der Waals surface area contributed by atoms with Crippen LogP contribution in [0.25, 0.3) is 0 Å². The zero-order valence-electron chi connectivity index (χ0n) is 8.59. The van der Waals surface area contributed by atoms with E-state index in [4.69, 9.17) is 4.74 Å². The molecule has 0 unspecified atom stereocenters. The summed E-state index contributed by atoms with van der Waals surface area (Å²) >= 11 is 0. The summed E-state index contributed by atoms with van der Waals surface area (Å²) in [4.78, 5) is 11.1. The van der Waals surface area contributed by atoms with E-state index >= 15 is 0 Å². The number of hydrogen-bond acceptors (Lipinski definition) is 3. The Bertz CT molecular complexity index is 187. The summed E-state index contributed by atoms with van der Waals surface area (Å²) in [6, 6.07) is -0.0703. The molecule has 1 aliphatic rings. The van der Waals surface area contributed by atoms with Crippen molar-refractivity contribution < 1.29 is 13.9 Å². The maximum absolute atomic E-state index is 11.8. The molecule has 1 fully saturated rings. The van der Waals surface area contributed by atoms with Gasteiger partial charge in [0.15, 0.2) is 0 Å². The number of rotatable bonds is 5. The average Bonchev–Trinajstić information content (AvgIpc) is 2.19. The van der Waals surface area contributed by atoms with Gasteiger partial charge in [-0.1, -0.05) is 0 Å². The first kappa shape index (κ1) is 11.6. The maximum Gasteiger partial charge on any atom is 0.146 e. The summed E-state index contributed by atoms with van der Waals surface area (Å²) < 4.78 is 17.3. The molecule has 1 N–H and O–H groups in total. The van der Waals surface area contributed by atoms with E-state index in [2.05, 4.69) is 5.32 Å². The van der Waals surface area contributed by atoms with Gasteiger partial charge in [-0.3, -0.25) is 9.18 Å². The summed E-state index contributed by atoms with van der Waals surface area (Å²) in [5.41, 5.74) is 0. The summed E-state index contributed by atoms with van der Waals surface area (Å²) in [6.45, 7) is 2.53. The number of carbonyl (C=O) groups is 1. The van der Waals surface area contributed by atoms with Crippen molar-refractivity contribution in [3.63, 3.8) is 0 Å². The highest BCUT2D eigenvalue weighted by Gasteiger charge is 2.24. The first-order valence-corrected chi connectivity index (χ1v) is 5.15. The number of ketones is 1. The minimum atomic E-state index is -0.332. The zero-order chi connectivity index (χ0) is 10.4. The van der Waals surface area contributed by atoms with Gasteiger partial charge in [0.25, 0.3) is 0 Å². The molecule has 82 valence electrons. The molecule has 0 saturated carbocycles. The van der Waals surface area contributed by atoms with Crippen LogP contribution in [0.15, 0.2) is 0 Å². The van der Waals surface area contributed by atoms with Crippen molar-refractivity contribution in [2.75, 3.05) is 19.8 Å². The Morgan fingerprint density at radius 3 is 3.07 bits per heavy atom. The molecular weight excluding hydrogens is 185 g/mol. The number of ether oxygens (including phenoxy) is 1. The average molecular weight is 203 g/mol. The highest BCUT2D eigenvalue weighted by molar-refractivity contribution is 5.81. The van der Waals surface area contributed by atoms with Gasteiger partial charge in [0.1, 0.15) is 5.78 Å². The van der Waals surface area contributed by atoms with Crippen molar-refractivity contribution in [3.05, 3.63) is 0 Å². The van der Waals surface area contributed by atoms with Crippen LogP contribution in [-0.4, -0.2) is 37.8 Å². The molecule has 0 amide bonds. The predicted octanol–water partition coefficient (Wildman–Crippen LogP) is 1.07. The second kappa shape index (κ2) is 6.09. The highest BCUT2D eigenvalue weighted by Crippen LogP contribution is 2.13. The first-order chi connectivity index (χ1) is 6.74. The number of nitrogens with one attached hydrogen (secondary N) is 1. The van der Waals surface area contributed by atoms with Crippen LogP contribution < -0.4 is 5.32 Å². The molecular formula is C10H18FNO2. The van der Waals surface area contributed by atoms with E-state index in [-0.39, 0.29) is 24.6 Å². The Hall–Kier alpha value is -0.480. The third-order valence-corrected chi connectivity index (χ3v) is 2.48. The number of halogens is 1. The number of carbonyl (C=O) groups excluding carboxylic acids is 1. The predicted molar refractivity (Wildman–Crippen MR) is 52.0 cm³/mol. The molecule has 14 heavy (non-hydrogen) atoms. The molecule has 2 atom stereocenters. The Morgan fingerprint density at radius 1 is 1.64 bits per heavy atom. The molecule has 1 saturated heterocycles. The number of piperidine rings is 1. The minimum Gasteiger partial charge on any atom is -0.378 e. The third-order valence-electron chi connectivity index (χ3n) is 2.48. The molecule has 1 heterocycles. The van der Waals surface area contributed by atoms with Crippen molar-refractivity contribution >= 4 is 5.78 Å². The molecule has 0 aliphatic carbocycles. The zero-order valence-corrected chi connectivity index (χ0v) is 8.59. The van der Waals surface area contributed by atoms with Gasteiger partial charge in [-0.05, 0) is 32.7 Å². The third kappa shape index (κ3) is 3.72. The van der Waals surface area contributed by atoms with Gasteiger partial charge in [0.05, 0.1) is 18.8 Å². The van der Waals surface area contributed by atoms with Gasteiger partial charge >= 0.3 is 0 Å². The van der Waals surface area contributed by atoms with Crippen molar-refractivity contribution in [3.8, 4) is 0 Å². The van der Waals surface area contributed by atoms with E-state index in [9.17, 15) is 9.18 Å². The van der Waals surface area contributed by atoms with E-state index in [0.29, 0.717) is 13.0 Å². The van der Waals surface area contributed by atoms with E-state index in [1.807, 2.05) is 0 Å². The van der Waals surface area contributed by atoms with E-state index in [0.717, 1.165) is 19.4 Å². The van der Waals surface area contributed by atoms with Crippen LogP contribution in [-0.2, 0) is 9.53 Å². The van der Waals surface area contributed by atoms with Gasteiger partial charge in [-0.25, -0.2) is 0 Å². The molecule has 1 rings (SSSR count). The van der Waals surface area contributed by atoms with Gasteiger partial charge < -0.3 is 10.1 Å². The van der Waals surface area contributed by atoms with Crippen LogP contribution in [0.5, 0.6) is 0 Å². The van der Waals surface area contributed by atoms with Crippen molar-refractivity contribution in [1.29, 1.82) is 0 Å². The Balaban J connectivity index is 2.22. The van der Waals surface area contributed by atoms with Gasteiger partial charge in [0.2, 0.25) is 0 Å². The van der Waals surface area contributed by atoms with E-state index < -0.39 is 0 Å². The van der Waals surface area contributed by atoms with Crippen molar-refractivity contribution in [2.24, 2.45) is 0 Å². The van der Waals surface area contributed by atoms with Crippen LogP contribution in [0, 0.1) is 0 Å². The van der Waals surface area contributed by atoms with Gasteiger partial charge in [0, 0.05) is 6.61 Å². The fraction of sp³-hybridized carbons (Fsp3) is 0.900. The molecule has 0 spiro atoms. The topological polar surface area (TPSA) is 38.3 Å². The van der Waals surface area contributed by atoms with Crippen LogP contribution in [0.4, 0.5) is 4.39 Å². The smallest absolute Gasteiger partial charge is 0.146 e. The van der Waals surface area contributed by atoms with Gasteiger partial charge in [-0.2, -0.15) is 0 Å². The highest BCUT2D eigenvalue weighted by atomic mass is 19.1. The molecule has 0 bridgehead atoms. The Labute approximate surface area is 84.0 Å². The minimum absolute atomic E-state index is 0.0703. The molecule has 3 nitrogen and oxygen atoms in total. The maximum atomic E-state index is 11.8. The van der Waals surface area contributed by atoms with Crippen LogP contribution in [0.1, 0.15) is 26.2 Å². The lowest BCUT2D eigenvalue weighted by molar-refractivity contribution is -0.121. The second-order valence-corrected chi connectivity index (χ2v) is 3.68. The molecule has 0 radical (unpaired) electrons. The lowest BCUT2D eigenvalue weighted by atomic mass is 9.99. The van der Waals surface area contributed by atoms with Crippen molar-refractivity contribution in [2.45, 2.75) is 38.3 Å². The normalized spacial score (nSPS) is 27.6. The SMILES string of the molecule is CC(=O)[C@@H]1C[C@H](OCCCF)CCN1. The molecule has 0 aromatic heterocycles. The fourth-order valence-corrected chi connectivity index (χ4v) is 1.65. The molecule has 4 heteroatoms. The summed E-state index contributed by atoms with van der Waals surface area (Å²) in [7, 11) is 0. The summed E-state index contributed by atoms with van der Waals surface area (Å²) in [5, 5.41) is 3.14. The standard InChI is InChI=1S/C10H18FNO2/c1-8(13)10-7-9(3-5-12-10)14-6-2-4-11/h9-10,12H,2-7H2,1H3/t9-,10+/m1/s1. The number of hydrogen-bond donors (Lipinski definition) is 1. The monoisotopic (exact) mass is 203 g/mol. The number of Topliss-reactive ketones (excluding diaryl/α,β-unsaturated/α-hetero) is 1. The lowest BCUT2D eigenvalue weighted by Crippen LogP contribution is -2.45. The van der Waals surface area contributed by atoms with E-state index in [1.54, 1.807) is 6.92 Å². The second-order valence-electron chi connectivity index (χ2n) is 3.68. The van der Waals surface area contributed by atoms with Gasteiger partial charge in [-0.15, -0.1) is 0 Å². The Kier molecular flexibility index (Phi) is 5.04. The lowest BCUT2D eigenvalue weighted by Gasteiger charge is -2.28. The molecule has 0 aromatic carbocycles.